The second kappa shape index (κ2) is 1.59. The maximum absolute atomic E-state index is 11.3. The monoisotopic (exact) mass is 184 g/mol. The Kier molecular flexibility index (Phi) is 0.724. The minimum absolute atomic E-state index is 0.0571. The van der Waals surface area contributed by atoms with Crippen molar-refractivity contribution in [2.75, 3.05) is 0 Å². The lowest BCUT2D eigenvalue weighted by atomic mass is 10.2. The molecule has 1 aromatic rings. The van der Waals surface area contributed by atoms with E-state index in [0.717, 1.165) is 10.4 Å². The highest BCUT2D eigenvalue weighted by molar-refractivity contribution is 6.40. The van der Waals surface area contributed by atoms with Crippen LogP contribution in [0, 0.1) is 0 Å². The standard InChI is InChI=1S/C10H4N2O2/c13-9-7-5-3-1-2-4-6(5)8-10(14)12(8)11(7)9/h1-4H. The average molecular weight is 184 g/mol. The fourth-order valence-corrected chi connectivity index (χ4v) is 2.02. The van der Waals surface area contributed by atoms with Gasteiger partial charge in [0, 0.05) is 10.4 Å². The van der Waals surface area contributed by atoms with Crippen molar-refractivity contribution in [2.24, 2.45) is 0 Å². The fraction of sp³-hybridized carbons (Fsp3) is 0. The maximum atomic E-state index is 11.3. The molecule has 2 amide bonds. The molecule has 0 saturated carbocycles. The third-order valence-electron chi connectivity index (χ3n) is 2.75. The van der Waals surface area contributed by atoms with E-state index in [1.54, 1.807) is 0 Å². The van der Waals surface area contributed by atoms with Gasteiger partial charge in [0.1, 0.15) is 11.4 Å². The van der Waals surface area contributed by atoms with Crippen LogP contribution in [0.2, 0.25) is 0 Å². The summed E-state index contributed by atoms with van der Waals surface area (Å²) in [4.78, 5) is 22.7. The van der Waals surface area contributed by atoms with Crippen molar-refractivity contribution in [3.05, 3.63) is 34.7 Å². The van der Waals surface area contributed by atoms with Gasteiger partial charge >= 0.3 is 0 Å². The van der Waals surface area contributed by atoms with E-state index < -0.39 is 0 Å². The van der Waals surface area contributed by atoms with Gasteiger partial charge in [0.25, 0.3) is 11.8 Å². The second-order valence-electron chi connectivity index (χ2n) is 3.48. The molecule has 0 atom stereocenters. The summed E-state index contributed by atoms with van der Waals surface area (Å²) >= 11 is 0. The Morgan fingerprint density at radius 2 is 1.21 bits per heavy atom. The van der Waals surface area contributed by atoms with E-state index in [1.165, 1.54) is 10.0 Å². The van der Waals surface area contributed by atoms with Crippen molar-refractivity contribution in [1.29, 1.82) is 0 Å². The van der Waals surface area contributed by atoms with Crippen LogP contribution in [0.4, 0.5) is 0 Å². The number of benzene rings is 1. The van der Waals surface area contributed by atoms with Gasteiger partial charge in [-0.15, -0.1) is 0 Å². The Labute approximate surface area is 78.3 Å². The largest absolute Gasteiger partial charge is 0.297 e. The maximum Gasteiger partial charge on any atom is 0.297 e. The summed E-state index contributed by atoms with van der Waals surface area (Å²) in [5.41, 5.74) is 1.30. The van der Waals surface area contributed by atoms with E-state index in [0.29, 0.717) is 11.4 Å². The van der Waals surface area contributed by atoms with Gasteiger partial charge in [-0.05, 0) is 0 Å². The van der Waals surface area contributed by atoms with Gasteiger partial charge < -0.3 is 0 Å². The molecule has 0 radical (unpaired) electrons. The van der Waals surface area contributed by atoms with Crippen LogP contribution in [0.3, 0.4) is 0 Å². The number of carbonyl (C=O) groups excluding carboxylic acids is 2. The van der Waals surface area contributed by atoms with Gasteiger partial charge in [-0.2, -0.15) is 0 Å². The van der Waals surface area contributed by atoms with Crippen molar-refractivity contribution in [1.82, 2.24) is 10.0 Å². The highest BCUT2D eigenvalue weighted by Gasteiger charge is 2.60. The molecule has 14 heavy (non-hydrogen) atoms. The van der Waals surface area contributed by atoms with Crippen molar-refractivity contribution in [3.63, 3.8) is 0 Å². The predicted octanol–water partition coefficient (Wildman–Crippen LogP) is -1.48. The second-order valence-corrected chi connectivity index (χ2v) is 3.48. The van der Waals surface area contributed by atoms with Gasteiger partial charge in [-0.3, -0.25) is 9.59 Å². The Hall–Kier alpha value is -2.10. The molecule has 2 saturated heterocycles. The summed E-state index contributed by atoms with van der Waals surface area (Å²) in [7, 11) is 0. The summed E-state index contributed by atoms with van der Waals surface area (Å²) in [5.74, 6) is -0.114. The van der Waals surface area contributed by atoms with Gasteiger partial charge in [-0.25, -0.2) is 10.0 Å². The molecular formula is C10H4N2O2. The number of carbonyl (C=O) groups is 2. The molecule has 4 rings (SSSR count). The van der Waals surface area contributed by atoms with E-state index in [4.69, 9.17) is 0 Å². The number of hydrogen-bond acceptors (Lipinski definition) is 2. The van der Waals surface area contributed by atoms with Gasteiger partial charge in [-0.1, -0.05) is 24.3 Å². The van der Waals surface area contributed by atoms with Crippen LogP contribution in [0.5, 0.6) is 0 Å². The van der Waals surface area contributed by atoms with Crippen LogP contribution < -0.4 is 10.4 Å². The van der Waals surface area contributed by atoms with Crippen LogP contribution >= 0.6 is 0 Å². The SMILES string of the molecule is O=C1C2=c3ccccc3=C3C(=O)N3N12. The minimum atomic E-state index is -0.0571. The summed E-state index contributed by atoms with van der Waals surface area (Å²) in [6, 6.07) is 7.49. The number of amides is 2. The molecule has 3 aliphatic rings. The van der Waals surface area contributed by atoms with Gasteiger partial charge in [0.15, 0.2) is 0 Å². The van der Waals surface area contributed by atoms with E-state index in [9.17, 15) is 9.59 Å². The summed E-state index contributed by atoms with van der Waals surface area (Å²) < 4.78 is 0. The summed E-state index contributed by atoms with van der Waals surface area (Å²) in [6.45, 7) is 0. The lowest BCUT2D eigenvalue weighted by molar-refractivity contribution is -0.123. The first-order chi connectivity index (χ1) is 6.80. The Morgan fingerprint density at radius 3 is 1.64 bits per heavy atom. The van der Waals surface area contributed by atoms with E-state index in [-0.39, 0.29) is 11.8 Å². The Bertz CT molecular complexity index is 587. The number of rotatable bonds is 0. The molecule has 4 heteroatoms. The lowest BCUT2D eigenvalue weighted by Gasteiger charge is -1.98. The topological polar surface area (TPSA) is 40.2 Å². The van der Waals surface area contributed by atoms with Crippen LogP contribution in [-0.2, 0) is 9.59 Å². The normalized spacial score (nSPS) is 20.6. The van der Waals surface area contributed by atoms with Crippen LogP contribution in [-0.4, -0.2) is 21.8 Å². The summed E-state index contributed by atoms with van der Waals surface area (Å²) in [6.07, 6.45) is 0. The van der Waals surface area contributed by atoms with Crippen molar-refractivity contribution in [3.8, 4) is 0 Å². The van der Waals surface area contributed by atoms with E-state index in [2.05, 4.69) is 0 Å². The molecule has 0 spiro atoms. The molecule has 0 aromatic heterocycles. The average Bonchev–Trinajstić information content (AvgIpc) is 3.06. The molecule has 0 unspecified atom stereocenters. The third kappa shape index (κ3) is 0.469. The third-order valence-corrected chi connectivity index (χ3v) is 2.75. The molecule has 66 valence electrons. The lowest BCUT2D eigenvalue weighted by Crippen LogP contribution is -2.29. The zero-order valence-electron chi connectivity index (χ0n) is 7.02. The molecule has 3 heterocycles. The van der Waals surface area contributed by atoms with Crippen LogP contribution in [0.1, 0.15) is 0 Å². The quantitative estimate of drug-likeness (QED) is 0.461. The molecule has 2 fully saturated rings. The minimum Gasteiger partial charge on any atom is -0.265 e. The Morgan fingerprint density at radius 1 is 0.786 bits per heavy atom. The highest BCUT2D eigenvalue weighted by Crippen LogP contribution is 2.41. The fourth-order valence-electron chi connectivity index (χ4n) is 2.02. The number of nitrogens with zero attached hydrogens (tertiary/aromatic N) is 2. The molecule has 1 aromatic carbocycles. The predicted molar refractivity (Wildman–Crippen MR) is 46.2 cm³/mol. The first kappa shape index (κ1) is 6.37. The number of hydrazine groups is 1. The zero-order chi connectivity index (χ0) is 9.45. The number of fused-ring (bicyclic) bond motifs is 4. The summed E-state index contributed by atoms with van der Waals surface area (Å²) in [5, 5.41) is 4.63. The van der Waals surface area contributed by atoms with E-state index in [1.807, 2.05) is 24.3 Å². The highest BCUT2D eigenvalue weighted by atomic mass is 16.2. The van der Waals surface area contributed by atoms with Crippen LogP contribution in [0.15, 0.2) is 24.3 Å². The smallest absolute Gasteiger partial charge is 0.265 e. The van der Waals surface area contributed by atoms with Crippen molar-refractivity contribution >= 4 is 23.2 Å². The van der Waals surface area contributed by atoms with Crippen LogP contribution in [0.25, 0.3) is 11.4 Å². The van der Waals surface area contributed by atoms with Crippen molar-refractivity contribution < 1.29 is 9.59 Å². The molecule has 3 aliphatic heterocycles. The Balaban J connectivity index is 2.32. The first-order valence-corrected chi connectivity index (χ1v) is 4.33. The molecular weight excluding hydrogens is 180 g/mol. The van der Waals surface area contributed by atoms with Gasteiger partial charge in [0.05, 0.1) is 0 Å². The van der Waals surface area contributed by atoms with Gasteiger partial charge in [0.2, 0.25) is 0 Å². The molecule has 0 N–H and O–H groups in total. The number of hydrogen-bond donors (Lipinski definition) is 0. The van der Waals surface area contributed by atoms with E-state index >= 15 is 0 Å². The first-order valence-electron chi connectivity index (χ1n) is 4.33. The molecule has 0 aliphatic carbocycles. The van der Waals surface area contributed by atoms with Crippen molar-refractivity contribution in [2.45, 2.75) is 0 Å². The molecule has 0 bridgehead atoms. The molecule has 4 nitrogen and oxygen atoms in total. The zero-order valence-corrected chi connectivity index (χ0v) is 7.02.